The van der Waals surface area contributed by atoms with Gasteiger partial charge in [-0.3, -0.25) is 14.4 Å². The fraction of sp³-hybridized carbons (Fsp3) is 0.357. The summed E-state index contributed by atoms with van der Waals surface area (Å²) in [5.74, 6) is -0.360. The third-order valence-electron chi connectivity index (χ3n) is 2.50. The average Bonchev–Trinajstić information content (AvgIpc) is 2.41. The van der Waals surface area contributed by atoms with Crippen molar-refractivity contribution in [3.8, 4) is 0 Å². The summed E-state index contributed by atoms with van der Waals surface area (Å²) in [5.41, 5.74) is 0.619. The highest BCUT2D eigenvalue weighted by Gasteiger charge is 2.08. The van der Waals surface area contributed by atoms with Gasteiger partial charge in [0, 0.05) is 38.4 Å². The Hall–Kier alpha value is -2.17. The number of Topliss-reactive ketones (excluding diaryl/α,β-unsaturated/α-hetero) is 1. The molecule has 102 valence electrons. The van der Waals surface area contributed by atoms with Crippen LogP contribution >= 0.6 is 0 Å². The van der Waals surface area contributed by atoms with E-state index in [0.717, 1.165) is 0 Å². The summed E-state index contributed by atoms with van der Waals surface area (Å²) in [7, 11) is 0. The highest BCUT2D eigenvalue weighted by atomic mass is 16.2. The number of ketones is 1. The van der Waals surface area contributed by atoms with Gasteiger partial charge in [0.05, 0.1) is 0 Å². The monoisotopic (exact) mass is 262 g/mol. The highest BCUT2D eigenvalue weighted by Crippen LogP contribution is 2.04. The number of carbonyl (C=O) groups excluding carboxylic acids is 3. The van der Waals surface area contributed by atoms with Gasteiger partial charge < -0.3 is 10.6 Å². The molecule has 0 fully saturated rings. The average molecular weight is 262 g/mol. The number of amides is 2. The molecule has 0 saturated carbocycles. The molecule has 0 bridgehead atoms. The number of hydrogen-bond acceptors (Lipinski definition) is 3. The van der Waals surface area contributed by atoms with Gasteiger partial charge in [-0.2, -0.15) is 0 Å². The van der Waals surface area contributed by atoms with E-state index in [1.54, 1.807) is 24.3 Å². The number of hydrogen-bond donors (Lipinski definition) is 2. The lowest BCUT2D eigenvalue weighted by molar-refractivity contribution is -0.122. The molecule has 0 unspecified atom stereocenters. The highest BCUT2D eigenvalue weighted by molar-refractivity contribution is 5.97. The van der Waals surface area contributed by atoms with E-state index in [9.17, 15) is 14.4 Å². The first-order valence-electron chi connectivity index (χ1n) is 6.19. The summed E-state index contributed by atoms with van der Waals surface area (Å²) in [5, 5.41) is 5.21. The minimum absolute atomic E-state index is 0.0439. The Morgan fingerprint density at radius 3 is 2.21 bits per heavy atom. The van der Waals surface area contributed by atoms with Crippen LogP contribution in [0.25, 0.3) is 0 Å². The van der Waals surface area contributed by atoms with E-state index >= 15 is 0 Å². The SMILES string of the molecule is CC(=O)NCCNC(=O)CCC(=O)c1ccccc1. The molecule has 5 heteroatoms. The van der Waals surface area contributed by atoms with Crippen molar-refractivity contribution in [2.24, 2.45) is 0 Å². The molecule has 0 saturated heterocycles. The third-order valence-corrected chi connectivity index (χ3v) is 2.50. The Kier molecular flexibility index (Phi) is 6.29. The lowest BCUT2D eigenvalue weighted by Crippen LogP contribution is -2.33. The fourth-order valence-electron chi connectivity index (χ4n) is 1.52. The van der Waals surface area contributed by atoms with Gasteiger partial charge in [0.1, 0.15) is 0 Å². The lowest BCUT2D eigenvalue weighted by Gasteiger charge is -2.05. The van der Waals surface area contributed by atoms with E-state index in [1.165, 1.54) is 6.92 Å². The van der Waals surface area contributed by atoms with Crippen LogP contribution in [0.5, 0.6) is 0 Å². The molecule has 1 rings (SSSR count). The molecule has 19 heavy (non-hydrogen) atoms. The zero-order chi connectivity index (χ0) is 14.1. The molecule has 0 atom stereocenters. The normalized spacial score (nSPS) is 9.74. The minimum Gasteiger partial charge on any atom is -0.355 e. The molecule has 1 aromatic carbocycles. The smallest absolute Gasteiger partial charge is 0.220 e. The largest absolute Gasteiger partial charge is 0.355 e. The van der Waals surface area contributed by atoms with Crippen molar-refractivity contribution in [2.45, 2.75) is 19.8 Å². The molecular formula is C14H18N2O3. The van der Waals surface area contributed by atoms with Crippen molar-refractivity contribution in [3.63, 3.8) is 0 Å². The Labute approximate surface area is 112 Å². The maximum Gasteiger partial charge on any atom is 0.220 e. The molecule has 0 aliphatic heterocycles. The van der Waals surface area contributed by atoms with Gasteiger partial charge in [-0.05, 0) is 0 Å². The first-order chi connectivity index (χ1) is 9.09. The summed E-state index contributed by atoms with van der Waals surface area (Å²) in [6.45, 7) is 2.19. The van der Waals surface area contributed by atoms with Crippen LogP contribution < -0.4 is 10.6 Å². The molecule has 0 spiro atoms. The van der Waals surface area contributed by atoms with Crippen LogP contribution in [-0.2, 0) is 9.59 Å². The van der Waals surface area contributed by atoms with Crippen LogP contribution in [0.4, 0.5) is 0 Å². The summed E-state index contributed by atoms with van der Waals surface area (Å²) >= 11 is 0. The fourth-order valence-corrected chi connectivity index (χ4v) is 1.52. The van der Waals surface area contributed by atoms with Gasteiger partial charge in [-0.1, -0.05) is 30.3 Å². The molecule has 0 aliphatic rings. The molecular weight excluding hydrogens is 244 g/mol. The number of carbonyl (C=O) groups is 3. The predicted octanol–water partition coefficient (Wildman–Crippen LogP) is 0.902. The molecule has 5 nitrogen and oxygen atoms in total. The van der Waals surface area contributed by atoms with E-state index in [2.05, 4.69) is 10.6 Å². The molecule has 0 aliphatic carbocycles. The number of benzene rings is 1. The maximum absolute atomic E-state index is 11.7. The van der Waals surface area contributed by atoms with Crippen LogP contribution in [0.2, 0.25) is 0 Å². The van der Waals surface area contributed by atoms with Crippen molar-refractivity contribution in [1.82, 2.24) is 10.6 Å². The second-order valence-corrected chi connectivity index (χ2v) is 4.12. The first-order valence-corrected chi connectivity index (χ1v) is 6.19. The van der Waals surface area contributed by atoms with E-state index in [1.807, 2.05) is 6.07 Å². The first kappa shape index (κ1) is 14.9. The van der Waals surface area contributed by atoms with Crippen LogP contribution in [0.1, 0.15) is 30.1 Å². The van der Waals surface area contributed by atoms with Gasteiger partial charge in [0.15, 0.2) is 5.78 Å². The maximum atomic E-state index is 11.7. The second kappa shape index (κ2) is 8.02. The van der Waals surface area contributed by atoms with Crippen LogP contribution in [0.15, 0.2) is 30.3 Å². The van der Waals surface area contributed by atoms with Gasteiger partial charge in [0.25, 0.3) is 0 Å². The summed E-state index contributed by atoms with van der Waals surface area (Å²) in [4.78, 5) is 33.8. The zero-order valence-corrected chi connectivity index (χ0v) is 10.9. The molecule has 0 heterocycles. The lowest BCUT2D eigenvalue weighted by atomic mass is 10.1. The van der Waals surface area contributed by atoms with E-state index in [4.69, 9.17) is 0 Å². The minimum atomic E-state index is -0.186. The summed E-state index contributed by atoms with van der Waals surface area (Å²) < 4.78 is 0. The van der Waals surface area contributed by atoms with Crippen molar-refractivity contribution in [1.29, 1.82) is 0 Å². The van der Waals surface area contributed by atoms with Crippen molar-refractivity contribution in [3.05, 3.63) is 35.9 Å². The van der Waals surface area contributed by atoms with Crippen molar-refractivity contribution < 1.29 is 14.4 Å². The van der Waals surface area contributed by atoms with Crippen molar-refractivity contribution >= 4 is 17.6 Å². The van der Waals surface area contributed by atoms with Crippen LogP contribution in [-0.4, -0.2) is 30.7 Å². The second-order valence-electron chi connectivity index (χ2n) is 4.12. The third kappa shape index (κ3) is 6.35. The van der Waals surface area contributed by atoms with Crippen molar-refractivity contribution in [2.75, 3.05) is 13.1 Å². The molecule has 1 aromatic rings. The Morgan fingerprint density at radius 1 is 0.947 bits per heavy atom. The number of rotatable bonds is 7. The zero-order valence-electron chi connectivity index (χ0n) is 10.9. The quantitative estimate of drug-likeness (QED) is 0.566. The van der Waals surface area contributed by atoms with Crippen LogP contribution in [0, 0.1) is 0 Å². The van der Waals surface area contributed by atoms with Gasteiger partial charge in [-0.15, -0.1) is 0 Å². The summed E-state index contributed by atoms with van der Waals surface area (Å²) in [6, 6.07) is 8.89. The molecule has 0 aromatic heterocycles. The number of nitrogens with one attached hydrogen (secondary N) is 2. The van der Waals surface area contributed by atoms with E-state index in [-0.39, 0.29) is 30.4 Å². The van der Waals surface area contributed by atoms with Gasteiger partial charge in [0.2, 0.25) is 11.8 Å². The Balaban J connectivity index is 2.20. The standard InChI is InChI=1S/C14H18N2O3/c1-11(17)15-9-10-16-14(19)8-7-13(18)12-5-3-2-4-6-12/h2-6H,7-10H2,1H3,(H,15,17)(H,16,19). The molecule has 0 radical (unpaired) electrons. The predicted molar refractivity (Wildman–Crippen MR) is 71.7 cm³/mol. The topological polar surface area (TPSA) is 75.3 Å². The Morgan fingerprint density at radius 2 is 1.58 bits per heavy atom. The van der Waals surface area contributed by atoms with E-state index in [0.29, 0.717) is 18.7 Å². The van der Waals surface area contributed by atoms with Gasteiger partial charge >= 0.3 is 0 Å². The summed E-state index contributed by atoms with van der Waals surface area (Å²) in [6.07, 6.45) is 0.351. The molecule has 2 N–H and O–H groups in total. The van der Waals surface area contributed by atoms with Gasteiger partial charge in [-0.25, -0.2) is 0 Å². The molecule has 2 amide bonds. The van der Waals surface area contributed by atoms with Crippen LogP contribution in [0.3, 0.4) is 0 Å². The van der Waals surface area contributed by atoms with E-state index < -0.39 is 0 Å². The Bertz CT molecular complexity index is 443.